The van der Waals surface area contributed by atoms with Crippen LogP contribution in [0.2, 0.25) is 0 Å². The van der Waals surface area contributed by atoms with Gasteiger partial charge in [0.15, 0.2) is 5.69 Å². The van der Waals surface area contributed by atoms with Crippen LogP contribution in [-0.4, -0.2) is 57.5 Å². The molecule has 0 bridgehead atoms. The lowest BCUT2D eigenvalue weighted by Gasteiger charge is -2.26. The SMILES string of the molecule is Cc1cccn2c(CN[C@H](C)Cc3cccnc3)c(C(=O)N3CCOCC3)nc12. The maximum atomic E-state index is 13.2. The first kappa shape index (κ1) is 19.5. The maximum Gasteiger partial charge on any atom is 0.274 e. The van der Waals surface area contributed by atoms with Crippen molar-refractivity contribution in [3.63, 3.8) is 0 Å². The summed E-state index contributed by atoms with van der Waals surface area (Å²) in [4.78, 5) is 23.9. The minimum atomic E-state index is -0.0203. The Morgan fingerprint density at radius 1 is 1.28 bits per heavy atom. The monoisotopic (exact) mass is 393 g/mol. The number of morpholine rings is 1. The van der Waals surface area contributed by atoms with E-state index in [4.69, 9.17) is 9.72 Å². The maximum absolute atomic E-state index is 13.2. The summed E-state index contributed by atoms with van der Waals surface area (Å²) < 4.78 is 7.43. The number of carbonyl (C=O) groups excluding carboxylic acids is 1. The molecule has 1 aliphatic rings. The number of imidazole rings is 1. The predicted molar refractivity (Wildman–Crippen MR) is 111 cm³/mol. The molecule has 7 heteroatoms. The number of amides is 1. The number of hydrogen-bond acceptors (Lipinski definition) is 5. The number of carbonyl (C=O) groups is 1. The van der Waals surface area contributed by atoms with Gasteiger partial charge < -0.3 is 19.4 Å². The number of aromatic nitrogens is 3. The van der Waals surface area contributed by atoms with Crippen molar-refractivity contribution in [1.29, 1.82) is 0 Å². The quantitative estimate of drug-likeness (QED) is 0.695. The number of rotatable bonds is 6. The number of nitrogens with one attached hydrogen (secondary N) is 1. The molecule has 1 aliphatic heterocycles. The molecule has 0 spiro atoms. The first-order valence-electron chi connectivity index (χ1n) is 10.1. The molecule has 1 amide bonds. The van der Waals surface area contributed by atoms with Gasteiger partial charge in [-0.25, -0.2) is 4.98 Å². The number of hydrogen-bond donors (Lipinski definition) is 1. The van der Waals surface area contributed by atoms with E-state index in [2.05, 4.69) is 23.3 Å². The summed E-state index contributed by atoms with van der Waals surface area (Å²) in [6.07, 6.45) is 6.53. The number of aryl methyl sites for hydroxylation is 1. The molecule has 0 radical (unpaired) electrons. The van der Waals surface area contributed by atoms with Crippen molar-refractivity contribution in [3.05, 3.63) is 65.4 Å². The molecule has 3 aromatic heterocycles. The van der Waals surface area contributed by atoms with Crippen LogP contribution in [0.1, 0.15) is 34.2 Å². The van der Waals surface area contributed by atoms with Crippen LogP contribution in [0.25, 0.3) is 5.65 Å². The van der Waals surface area contributed by atoms with E-state index in [-0.39, 0.29) is 11.9 Å². The average Bonchev–Trinajstić information content (AvgIpc) is 3.13. The zero-order valence-corrected chi connectivity index (χ0v) is 17.0. The first-order valence-corrected chi connectivity index (χ1v) is 10.1. The summed E-state index contributed by atoms with van der Waals surface area (Å²) in [7, 11) is 0. The van der Waals surface area contributed by atoms with Gasteiger partial charge in [-0.1, -0.05) is 12.1 Å². The van der Waals surface area contributed by atoms with E-state index >= 15 is 0 Å². The van der Waals surface area contributed by atoms with Gasteiger partial charge in [-0.15, -0.1) is 0 Å². The van der Waals surface area contributed by atoms with Gasteiger partial charge in [0.2, 0.25) is 0 Å². The van der Waals surface area contributed by atoms with Crippen molar-refractivity contribution >= 4 is 11.6 Å². The summed E-state index contributed by atoms with van der Waals surface area (Å²) in [5, 5.41) is 3.56. The molecule has 7 nitrogen and oxygen atoms in total. The zero-order valence-electron chi connectivity index (χ0n) is 17.0. The summed E-state index contributed by atoms with van der Waals surface area (Å²) in [5.74, 6) is -0.0203. The molecular weight excluding hydrogens is 366 g/mol. The topological polar surface area (TPSA) is 71.8 Å². The molecule has 3 aromatic rings. The molecule has 4 rings (SSSR count). The first-order chi connectivity index (χ1) is 14.1. The van der Waals surface area contributed by atoms with Crippen molar-refractivity contribution < 1.29 is 9.53 Å². The smallest absolute Gasteiger partial charge is 0.274 e. The van der Waals surface area contributed by atoms with Crippen LogP contribution in [0.3, 0.4) is 0 Å². The predicted octanol–water partition coefficient (Wildman–Crippen LogP) is 2.23. The van der Waals surface area contributed by atoms with Gasteiger partial charge in [0.05, 0.1) is 18.9 Å². The molecule has 29 heavy (non-hydrogen) atoms. The Kier molecular flexibility index (Phi) is 5.87. The van der Waals surface area contributed by atoms with Crippen LogP contribution < -0.4 is 5.32 Å². The summed E-state index contributed by atoms with van der Waals surface area (Å²) in [6, 6.07) is 8.29. The van der Waals surface area contributed by atoms with E-state index in [9.17, 15) is 4.79 Å². The molecule has 0 aromatic carbocycles. The summed E-state index contributed by atoms with van der Waals surface area (Å²) >= 11 is 0. The van der Waals surface area contributed by atoms with Crippen LogP contribution in [0.15, 0.2) is 42.9 Å². The highest BCUT2D eigenvalue weighted by molar-refractivity contribution is 5.94. The highest BCUT2D eigenvalue weighted by Gasteiger charge is 2.25. The molecular formula is C22H27N5O2. The number of fused-ring (bicyclic) bond motifs is 1. The Morgan fingerprint density at radius 2 is 2.10 bits per heavy atom. The van der Waals surface area contributed by atoms with Gasteiger partial charge in [0.25, 0.3) is 5.91 Å². The number of pyridine rings is 2. The minimum absolute atomic E-state index is 0.0203. The number of ether oxygens (including phenoxy) is 1. The molecule has 0 saturated carbocycles. The van der Waals surface area contributed by atoms with Crippen molar-refractivity contribution in [3.8, 4) is 0 Å². The van der Waals surface area contributed by atoms with Gasteiger partial charge in [-0.2, -0.15) is 0 Å². The zero-order chi connectivity index (χ0) is 20.2. The molecule has 152 valence electrons. The third-order valence-corrected chi connectivity index (χ3v) is 5.33. The lowest BCUT2D eigenvalue weighted by atomic mass is 10.1. The van der Waals surface area contributed by atoms with Crippen molar-refractivity contribution in [1.82, 2.24) is 24.6 Å². The second-order valence-electron chi connectivity index (χ2n) is 7.54. The van der Waals surface area contributed by atoms with E-state index < -0.39 is 0 Å². The average molecular weight is 393 g/mol. The van der Waals surface area contributed by atoms with Gasteiger partial charge >= 0.3 is 0 Å². The molecule has 0 aliphatic carbocycles. The largest absolute Gasteiger partial charge is 0.378 e. The lowest BCUT2D eigenvalue weighted by Crippen LogP contribution is -2.41. The summed E-state index contributed by atoms with van der Waals surface area (Å²) in [5.41, 5.74) is 4.51. The molecule has 0 unspecified atom stereocenters. The van der Waals surface area contributed by atoms with E-state index in [1.54, 1.807) is 6.20 Å². The standard InChI is InChI=1S/C22H27N5O2/c1-16-5-4-8-27-19(15-24-17(2)13-18-6-3-7-23-14-18)20(25-21(16)27)22(28)26-9-11-29-12-10-26/h3-8,14,17,24H,9-13,15H2,1-2H3/t17-/m1/s1. The molecule has 1 fully saturated rings. The molecule has 1 saturated heterocycles. The van der Waals surface area contributed by atoms with E-state index in [1.165, 1.54) is 5.56 Å². The fraction of sp³-hybridized carbons (Fsp3) is 0.409. The van der Waals surface area contributed by atoms with E-state index in [0.29, 0.717) is 38.5 Å². The van der Waals surface area contributed by atoms with E-state index in [0.717, 1.165) is 23.3 Å². The van der Waals surface area contributed by atoms with Crippen molar-refractivity contribution in [2.45, 2.75) is 32.9 Å². The van der Waals surface area contributed by atoms with E-state index in [1.807, 2.05) is 46.8 Å². The van der Waals surface area contributed by atoms with Crippen LogP contribution >= 0.6 is 0 Å². The Balaban J connectivity index is 1.58. The number of nitrogens with zero attached hydrogens (tertiary/aromatic N) is 4. The Bertz CT molecular complexity index is 980. The highest BCUT2D eigenvalue weighted by Crippen LogP contribution is 2.19. The second-order valence-corrected chi connectivity index (χ2v) is 7.54. The fourth-order valence-electron chi connectivity index (χ4n) is 3.72. The second kappa shape index (κ2) is 8.71. The van der Waals surface area contributed by atoms with Crippen LogP contribution in [-0.2, 0) is 17.7 Å². The van der Waals surface area contributed by atoms with Gasteiger partial charge in [0.1, 0.15) is 5.65 Å². The van der Waals surface area contributed by atoms with Crippen molar-refractivity contribution in [2.24, 2.45) is 0 Å². The molecule has 1 atom stereocenters. The van der Waals surface area contributed by atoms with Crippen LogP contribution in [0, 0.1) is 6.92 Å². The van der Waals surface area contributed by atoms with Gasteiger partial charge in [-0.3, -0.25) is 9.78 Å². The van der Waals surface area contributed by atoms with Gasteiger partial charge in [0, 0.05) is 44.3 Å². The summed E-state index contributed by atoms with van der Waals surface area (Å²) in [6.45, 7) is 7.10. The normalized spacial score (nSPS) is 15.6. The van der Waals surface area contributed by atoms with Crippen LogP contribution in [0.5, 0.6) is 0 Å². The van der Waals surface area contributed by atoms with Gasteiger partial charge in [-0.05, 0) is 43.5 Å². The fourth-order valence-corrected chi connectivity index (χ4v) is 3.72. The molecule has 1 N–H and O–H groups in total. The highest BCUT2D eigenvalue weighted by atomic mass is 16.5. The van der Waals surface area contributed by atoms with Crippen LogP contribution in [0.4, 0.5) is 0 Å². The lowest BCUT2D eigenvalue weighted by molar-refractivity contribution is 0.0298. The third kappa shape index (κ3) is 4.31. The Hall–Kier alpha value is -2.77. The Morgan fingerprint density at radius 3 is 2.86 bits per heavy atom. The third-order valence-electron chi connectivity index (χ3n) is 5.33. The molecule has 4 heterocycles. The minimum Gasteiger partial charge on any atom is -0.378 e. The Labute approximate surface area is 170 Å². The van der Waals surface area contributed by atoms with Crippen molar-refractivity contribution in [2.75, 3.05) is 26.3 Å².